The Hall–Kier alpha value is -1.31. The van der Waals surface area contributed by atoms with Crippen LogP contribution in [0.2, 0.25) is 0 Å². The van der Waals surface area contributed by atoms with Crippen LogP contribution in [0, 0.1) is 26.8 Å². The standard InChI is InChI=1S/C23H29O.V/c1-13-11-20(18(6)17(5)15(13)3)24-21-12-14(2)16(4)22(19(21)7)23(8,9)10;/h5H2,1-4,6-10H3;/q-1;. The topological polar surface area (TPSA) is 9.23 Å². The van der Waals surface area contributed by atoms with E-state index in [0.29, 0.717) is 0 Å². The van der Waals surface area contributed by atoms with Gasteiger partial charge in [-0.1, -0.05) is 0 Å². The number of hydrogen-bond donors (Lipinski definition) is 0. The summed E-state index contributed by atoms with van der Waals surface area (Å²) in [4.78, 5) is 0. The van der Waals surface area contributed by atoms with Crippen LogP contribution in [0.3, 0.4) is 0 Å². The molecule has 133 valence electrons. The molecule has 0 fully saturated rings. The van der Waals surface area contributed by atoms with Gasteiger partial charge < -0.3 is 0 Å². The van der Waals surface area contributed by atoms with Crippen molar-refractivity contribution in [3.05, 3.63) is 63.0 Å². The van der Waals surface area contributed by atoms with Gasteiger partial charge in [0.1, 0.15) is 0 Å². The quantitative estimate of drug-likeness (QED) is 0.580. The third kappa shape index (κ3) is 3.50. The van der Waals surface area contributed by atoms with Crippen molar-refractivity contribution < 1.29 is 21.7 Å². The number of rotatable bonds is 2. The molecule has 1 aromatic carbocycles. The van der Waals surface area contributed by atoms with Crippen molar-refractivity contribution in [2.24, 2.45) is 0 Å². The van der Waals surface area contributed by atoms with E-state index in [-0.39, 0.29) is 5.41 Å². The van der Waals surface area contributed by atoms with Crippen molar-refractivity contribution in [3.8, 4) is 5.75 Å². The Morgan fingerprint density at radius 1 is 0.880 bits per heavy atom. The van der Waals surface area contributed by atoms with E-state index in [1.807, 2.05) is 0 Å². The number of ether oxygens (including phenoxy) is 1. The molecule has 0 heterocycles. The second-order valence-corrected chi connectivity index (χ2v) is 8.79. The third-order valence-corrected chi connectivity index (χ3v) is 6.13. The second-order valence-electron chi connectivity index (χ2n) is 8.09. The average Bonchev–Trinajstić information content (AvgIpc) is 2.51. The average molecular weight is 372 g/mol. The third-order valence-electron chi connectivity index (χ3n) is 5.29. The Kier molecular flexibility index (Phi) is 5.43. The molecule has 0 aliphatic heterocycles. The molecular formula is C23H29OV-. The van der Waals surface area contributed by atoms with Crippen molar-refractivity contribution >= 4 is 4.23 Å². The van der Waals surface area contributed by atoms with Crippen LogP contribution in [-0.4, -0.2) is 4.23 Å². The van der Waals surface area contributed by atoms with Crippen LogP contribution in [0.1, 0.15) is 63.8 Å². The predicted octanol–water partition coefficient (Wildman–Crippen LogP) is 5.99. The Bertz CT molecular complexity index is 842. The monoisotopic (exact) mass is 372 g/mol. The van der Waals surface area contributed by atoms with E-state index < -0.39 is 0 Å². The molecule has 0 atom stereocenters. The molecular weight excluding hydrogens is 343 g/mol. The Balaban J connectivity index is 2.61. The maximum absolute atomic E-state index is 6.45. The van der Waals surface area contributed by atoms with Gasteiger partial charge in [0.05, 0.1) is 0 Å². The van der Waals surface area contributed by atoms with E-state index in [1.54, 1.807) is 0 Å². The summed E-state index contributed by atoms with van der Waals surface area (Å²) < 4.78 is 7.57. The zero-order valence-corrected chi connectivity index (χ0v) is 18.5. The molecule has 0 radical (unpaired) electrons. The summed E-state index contributed by atoms with van der Waals surface area (Å²) in [5, 5.41) is 0. The first-order chi connectivity index (χ1) is 11.4. The zero-order valence-electron chi connectivity index (χ0n) is 17.1. The van der Waals surface area contributed by atoms with E-state index >= 15 is 0 Å². The van der Waals surface area contributed by atoms with Gasteiger partial charge in [-0.25, -0.2) is 0 Å². The van der Waals surface area contributed by atoms with Crippen LogP contribution in [0.15, 0.2) is 34.6 Å². The Morgan fingerprint density at radius 2 is 1.44 bits per heavy atom. The fourth-order valence-corrected chi connectivity index (χ4v) is 4.16. The molecule has 0 aromatic heterocycles. The van der Waals surface area contributed by atoms with Crippen LogP contribution >= 0.6 is 0 Å². The van der Waals surface area contributed by atoms with Crippen LogP contribution in [0.4, 0.5) is 0 Å². The minimum absolute atomic E-state index is 0.0625. The van der Waals surface area contributed by atoms with Crippen LogP contribution < -0.4 is 4.74 Å². The molecule has 0 bridgehead atoms. The van der Waals surface area contributed by atoms with Gasteiger partial charge in [-0.15, -0.1) is 0 Å². The van der Waals surface area contributed by atoms with Gasteiger partial charge in [-0.2, -0.15) is 0 Å². The van der Waals surface area contributed by atoms with Crippen molar-refractivity contribution in [2.45, 2.75) is 67.7 Å². The van der Waals surface area contributed by atoms with Gasteiger partial charge in [-0.3, -0.25) is 0 Å². The SMILES string of the molecule is C=C1C(C)=C(C)[C](=[V])C(Oc2[c-]c(C)c(C)c(C(C)(C)C)c2C)=C1C. The minimum atomic E-state index is 0.0625. The van der Waals surface area contributed by atoms with Gasteiger partial charge in [0, 0.05) is 0 Å². The van der Waals surface area contributed by atoms with E-state index in [1.165, 1.54) is 27.8 Å². The van der Waals surface area contributed by atoms with E-state index in [4.69, 9.17) is 4.74 Å². The van der Waals surface area contributed by atoms with Crippen molar-refractivity contribution in [1.29, 1.82) is 0 Å². The summed E-state index contributed by atoms with van der Waals surface area (Å²) in [5.41, 5.74) is 9.65. The Labute approximate surface area is 162 Å². The van der Waals surface area contributed by atoms with Crippen molar-refractivity contribution in [3.63, 3.8) is 0 Å². The molecule has 0 amide bonds. The van der Waals surface area contributed by atoms with Crippen LogP contribution in [0.5, 0.6) is 5.75 Å². The summed E-state index contributed by atoms with van der Waals surface area (Å²) in [6, 6.07) is 3.46. The van der Waals surface area contributed by atoms with E-state index in [0.717, 1.165) is 32.4 Å². The predicted molar refractivity (Wildman–Crippen MR) is 104 cm³/mol. The summed E-state index contributed by atoms with van der Waals surface area (Å²) in [7, 11) is 0. The molecule has 25 heavy (non-hydrogen) atoms. The summed E-state index contributed by atoms with van der Waals surface area (Å²) in [6.45, 7) is 23.8. The fraction of sp³-hybridized carbons (Fsp3) is 0.435. The number of hydrogen-bond acceptors (Lipinski definition) is 1. The van der Waals surface area contributed by atoms with Gasteiger partial charge in [0.15, 0.2) is 0 Å². The summed E-state index contributed by atoms with van der Waals surface area (Å²) in [5.74, 6) is 1.72. The fourth-order valence-electron chi connectivity index (χ4n) is 3.56. The second kappa shape index (κ2) is 6.78. The van der Waals surface area contributed by atoms with Crippen LogP contribution in [0.25, 0.3) is 0 Å². The molecule has 1 aromatic rings. The van der Waals surface area contributed by atoms with Crippen molar-refractivity contribution in [2.75, 3.05) is 0 Å². The molecule has 0 N–H and O–H groups in total. The first kappa shape index (κ1) is 20.0. The first-order valence-electron chi connectivity index (χ1n) is 8.74. The van der Waals surface area contributed by atoms with Gasteiger partial charge in [0.2, 0.25) is 0 Å². The Morgan fingerprint density at radius 3 is 1.96 bits per heavy atom. The normalized spacial score (nSPS) is 16.0. The van der Waals surface area contributed by atoms with Gasteiger partial charge >= 0.3 is 162 Å². The number of aryl methyl sites for hydroxylation is 1. The van der Waals surface area contributed by atoms with E-state index in [9.17, 15) is 0 Å². The van der Waals surface area contributed by atoms with Gasteiger partial charge in [0.25, 0.3) is 0 Å². The summed E-state index contributed by atoms with van der Waals surface area (Å²) in [6.07, 6.45) is 0. The number of benzene rings is 1. The molecule has 1 aliphatic carbocycles. The number of allylic oxidation sites excluding steroid dienone is 4. The summed E-state index contributed by atoms with van der Waals surface area (Å²) >= 11 is 2.66. The molecule has 0 unspecified atom stereocenters. The van der Waals surface area contributed by atoms with Crippen LogP contribution in [-0.2, 0) is 22.4 Å². The zero-order chi connectivity index (χ0) is 19.3. The molecule has 1 aliphatic rings. The molecule has 0 saturated carbocycles. The van der Waals surface area contributed by atoms with Crippen molar-refractivity contribution in [1.82, 2.24) is 0 Å². The molecule has 2 heteroatoms. The van der Waals surface area contributed by atoms with Gasteiger partial charge in [-0.05, 0) is 0 Å². The molecule has 2 rings (SSSR count). The maximum atomic E-state index is 6.45. The van der Waals surface area contributed by atoms with E-state index in [2.05, 4.69) is 91.9 Å². The first-order valence-corrected chi connectivity index (χ1v) is 9.43. The molecule has 0 spiro atoms. The molecule has 0 saturated heterocycles. The molecule has 1 nitrogen and oxygen atoms in total.